The average molecular weight is 461 g/mol. The first-order chi connectivity index (χ1) is 15.3. The summed E-state index contributed by atoms with van der Waals surface area (Å²) in [5.74, 6) is 0.525. The predicted octanol–water partition coefficient (Wildman–Crippen LogP) is 0.382. The van der Waals surface area contributed by atoms with Crippen LogP contribution in [0.5, 0.6) is 0 Å². The summed E-state index contributed by atoms with van der Waals surface area (Å²) in [5, 5.41) is 27.1. The van der Waals surface area contributed by atoms with Gasteiger partial charge in [-0.3, -0.25) is 4.57 Å². The van der Waals surface area contributed by atoms with Crippen LogP contribution in [0.3, 0.4) is 0 Å². The summed E-state index contributed by atoms with van der Waals surface area (Å²) >= 11 is 0. The molecule has 1 aliphatic rings. The molecule has 12 nitrogen and oxygen atoms in total. The summed E-state index contributed by atoms with van der Waals surface area (Å²) < 4.78 is 24.9. The third-order valence-corrected chi connectivity index (χ3v) is 5.82. The number of imidazole rings is 1. The van der Waals surface area contributed by atoms with Gasteiger partial charge in [-0.1, -0.05) is 24.3 Å². The van der Waals surface area contributed by atoms with Crippen molar-refractivity contribution in [3.63, 3.8) is 0 Å². The van der Waals surface area contributed by atoms with Gasteiger partial charge in [0.25, 0.3) is 0 Å². The number of aliphatic hydroxyl groups excluding tert-OH is 2. The van der Waals surface area contributed by atoms with Gasteiger partial charge in [-0.15, -0.1) is 0 Å². The van der Waals surface area contributed by atoms with Gasteiger partial charge in [-0.05, 0) is 10.8 Å². The molecule has 13 heteroatoms. The molecule has 1 unspecified atom stereocenters. The minimum atomic E-state index is -4.35. The maximum absolute atomic E-state index is 10.9. The molecule has 0 aliphatic carbocycles. The quantitative estimate of drug-likeness (QED) is 0.295. The lowest BCUT2D eigenvalue weighted by Gasteiger charge is -2.14. The number of ether oxygens (including phenoxy) is 2. The van der Waals surface area contributed by atoms with Crippen molar-refractivity contribution in [2.75, 3.05) is 13.0 Å². The normalized spacial score (nSPS) is 24.0. The molecule has 0 bridgehead atoms. The third kappa shape index (κ3) is 3.82. The molecule has 1 fully saturated rings. The SMILES string of the molecule is O=P(O)(O)COC[C@H]1OC(c2cnc3c(-n4cc5ccccc5c4)ncnn23)[C@H](O)[C@@H]1O. The second kappa shape index (κ2) is 8.01. The molecule has 1 saturated heterocycles. The predicted molar refractivity (Wildman–Crippen MR) is 110 cm³/mol. The van der Waals surface area contributed by atoms with Crippen LogP contribution in [-0.4, -0.2) is 75.4 Å². The Kier molecular flexibility index (Phi) is 5.30. The smallest absolute Gasteiger partial charge is 0.350 e. The highest BCUT2D eigenvalue weighted by Gasteiger charge is 2.45. The molecule has 5 rings (SSSR count). The van der Waals surface area contributed by atoms with Crippen molar-refractivity contribution in [1.82, 2.24) is 24.1 Å². The van der Waals surface area contributed by atoms with Gasteiger partial charge in [0.15, 0.2) is 11.5 Å². The van der Waals surface area contributed by atoms with Crippen LogP contribution < -0.4 is 0 Å². The number of rotatable bonds is 6. The first kappa shape index (κ1) is 21.2. The molecular formula is C19H20N5O7P. The van der Waals surface area contributed by atoms with Gasteiger partial charge in [0, 0.05) is 12.4 Å². The van der Waals surface area contributed by atoms with Crippen LogP contribution in [0.4, 0.5) is 0 Å². The summed E-state index contributed by atoms with van der Waals surface area (Å²) in [6.45, 7) is -0.299. The fourth-order valence-electron chi connectivity index (χ4n) is 3.82. The van der Waals surface area contributed by atoms with Crippen molar-refractivity contribution in [2.24, 2.45) is 0 Å². The van der Waals surface area contributed by atoms with E-state index in [1.807, 2.05) is 41.2 Å². The van der Waals surface area contributed by atoms with Gasteiger partial charge in [0.2, 0.25) is 0 Å². The number of nitrogens with zero attached hydrogens (tertiary/aromatic N) is 5. The Bertz CT molecular complexity index is 1280. The van der Waals surface area contributed by atoms with Gasteiger partial charge < -0.3 is 34.0 Å². The van der Waals surface area contributed by atoms with Crippen molar-refractivity contribution in [3.05, 3.63) is 54.9 Å². The molecule has 4 aromatic rings. The van der Waals surface area contributed by atoms with E-state index in [0.29, 0.717) is 17.2 Å². The zero-order chi connectivity index (χ0) is 22.5. The highest BCUT2D eigenvalue weighted by molar-refractivity contribution is 7.51. The highest BCUT2D eigenvalue weighted by Crippen LogP contribution is 2.37. The molecule has 4 heterocycles. The lowest BCUT2D eigenvalue weighted by atomic mass is 10.1. The second-order valence-corrected chi connectivity index (χ2v) is 9.12. The Morgan fingerprint density at radius 3 is 2.50 bits per heavy atom. The Morgan fingerprint density at radius 1 is 1.09 bits per heavy atom. The largest absolute Gasteiger partial charge is 0.387 e. The van der Waals surface area contributed by atoms with Crippen molar-refractivity contribution in [2.45, 2.75) is 24.4 Å². The van der Waals surface area contributed by atoms with Crippen molar-refractivity contribution in [3.8, 4) is 5.82 Å². The van der Waals surface area contributed by atoms with Crippen LogP contribution in [0.2, 0.25) is 0 Å². The molecule has 3 aromatic heterocycles. The summed E-state index contributed by atoms with van der Waals surface area (Å²) in [6.07, 6.45) is 1.28. The fraction of sp³-hybridized carbons (Fsp3) is 0.316. The molecule has 0 saturated carbocycles. The molecule has 0 amide bonds. The minimum Gasteiger partial charge on any atom is -0.387 e. The number of benzene rings is 1. The second-order valence-electron chi connectivity index (χ2n) is 7.54. The minimum absolute atomic E-state index is 0.299. The van der Waals surface area contributed by atoms with E-state index >= 15 is 0 Å². The zero-order valence-corrected chi connectivity index (χ0v) is 17.4. The van der Waals surface area contributed by atoms with E-state index in [9.17, 15) is 14.8 Å². The molecular weight excluding hydrogens is 441 g/mol. The third-order valence-electron chi connectivity index (χ3n) is 5.30. The lowest BCUT2D eigenvalue weighted by Crippen LogP contribution is -2.33. The molecule has 1 aliphatic heterocycles. The summed E-state index contributed by atoms with van der Waals surface area (Å²) in [5.41, 5.74) is 0.818. The van der Waals surface area contributed by atoms with E-state index in [0.717, 1.165) is 10.8 Å². The van der Waals surface area contributed by atoms with Crippen molar-refractivity contribution in [1.29, 1.82) is 0 Å². The van der Waals surface area contributed by atoms with Gasteiger partial charge in [-0.2, -0.15) is 5.10 Å². The van der Waals surface area contributed by atoms with Gasteiger partial charge in [0.05, 0.1) is 18.5 Å². The fourth-order valence-corrected chi connectivity index (χ4v) is 4.17. The van der Waals surface area contributed by atoms with E-state index in [-0.39, 0.29) is 6.61 Å². The van der Waals surface area contributed by atoms with E-state index < -0.39 is 38.4 Å². The number of aromatic nitrogens is 5. The first-order valence-corrected chi connectivity index (χ1v) is 11.5. The molecule has 4 N–H and O–H groups in total. The van der Waals surface area contributed by atoms with E-state index in [1.54, 1.807) is 0 Å². The number of aliphatic hydroxyl groups is 2. The van der Waals surface area contributed by atoms with Crippen LogP contribution in [-0.2, 0) is 14.0 Å². The Balaban J connectivity index is 1.44. The Labute approximate surface area is 180 Å². The van der Waals surface area contributed by atoms with Crippen LogP contribution in [0.15, 0.2) is 49.2 Å². The topological polar surface area (TPSA) is 164 Å². The lowest BCUT2D eigenvalue weighted by molar-refractivity contribution is -0.0402. The average Bonchev–Trinajstić information content (AvgIpc) is 3.44. The number of hydrogen-bond acceptors (Lipinski definition) is 8. The summed E-state index contributed by atoms with van der Waals surface area (Å²) in [4.78, 5) is 26.5. The Hall–Kier alpha value is -2.70. The number of hydrogen-bond donors (Lipinski definition) is 4. The van der Waals surface area contributed by atoms with Gasteiger partial charge in [-0.25, -0.2) is 14.5 Å². The maximum Gasteiger partial charge on any atom is 0.350 e. The number of fused-ring (bicyclic) bond motifs is 2. The van der Waals surface area contributed by atoms with E-state index in [4.69, 9.17) is 19.3 Å². The van der Waals surface area contributed by atoms with Gasteiger partial charge >= 0.3 is 7.60 Å². The standard InChI is InChI=1S/C19H20N5O7P/c25-15-14(8-30-10-32(27,28)29)31-17(16(15)26)13-5-20-19-18(21-9-22-24(13)19)23-6-11-3-1-2-4-12(11)7-23/h1-7,9,14-17,25-26H,8,10H2,(H2,27,28,29)/t14-,15-,16-,17?/m1/s1. The molecule has 1 aromatic carbocycles. The molecule has 168 valence electrons. The zero-order valence-electron chi connectivity index (χ0n) is 16.5. The van der Waals surface area contributed by atoms with E-state index in [1.165, 1.54) is 17.0 Å². The van der Waals surface area contributed by atoms with Crippen molar-refractivity contribution < 1.29 is 34.0 Å². The van der Waals surface area contributed by atoms with E-state index in [2.05, 4.69) is 15.1 Å². The monoisotopic (exact) mass is 461 g/mol. The van der Waals surface area contributed by atoms with Crippen molar-refractivity contribution >= 4 is 24.0 Å². The first-order valence-electron chi connectivity index (χ1n) is 9.71. The van der Waals surface area contributed by atoms with Crippen LogP contribution in [0.1, 0.15) is 11.8 Å². The van der Waals surface area contributed by atoms with Crippen LogP contribution in [0, 0.1) is 0 Å². The molecule has 4 atom stereocenters. The molecule has 0 spiro atoms. The van der Waals surface area contributed by atoms with Crippen LogP contribution in [0.25, 0.3) is 22.2 Å². The van der Waals surface area contributed by atoms with Gasteiger partial charge in [0.1, 0.15) is 37.1 Å². The summed E-state index contributed by atoms with van der Waals surface area (Å²) in [6, 6.07) is 7.86. The highest BCUT2D eigenvalue weighted by atomic mass is 31.2. The maximum atomic E-state index is 10.9. The molecule has 0 radical (unpaired) electrons. The molecule has 32 heavy (non-hydrogen) atoms. The summed E-state index contributed by atoms with van der Waals surface area (Å²) in [7, 11) is -4.35. The van der Waals surface area contributed by atoms with Crippen LogP contribution >= 0.6 is 7.60 Å². The Morgan fingerprint density at radius 2 is 1.81 bits per heavy atom.